The number of nitriles is 1. The monoisotopic (exact) mass is 460 g/mol. The van der Waals surface area contributed by atoms with Crippen molar-refractivity contribution in [1.29, 1.82) is 5.26 Å². The lowest BCUT2D eigenvalue weighted by Crippen LogP contribution is -2.42. The van der Waals surface area contributed by atoms with Crippen LogP contribution < -0.4 is 10.1 Å². The number of halogens is 1. The standard InChI is InChI=1S/C17H21IN2O5/c1-17(2,3)25-16(23)20-12(5-7-15(21)22)10-24-14-8-11(9-19)4-6-13(14)18/h4,6,8,12H,5,7,10H2,1-3H3,(H,20,23)(H,21,22)/t12-/m1/s1. The Hall–Kier alpha value is -2.02. The lowest BCUT2D eigenvalue weighted by atomic mass is 10.1. The van der Waals surface area contributed by atoms with E-state index >= 15 is 0 Å². The number of nitrogens with zero attached hydrogens (tertiary/aromatic N) is 1. The van der Waals surface area contributed by atoms with Crippen LogP contribution in [0.4, 0.5) is 4.79 Å². The first-order valence-electron chi connectivity index (χ1n) is 7.64. The Morgan fingerprint density at radius 1 is 1.40 bits per heavy atom. The van der Waals surface area contributed by atoms with Crippen LogP contribution in [0.1, 0.15) is 39.2 Å². The average Bonchev–Trinajstić information content (AvgIpc) is 2.49. The molecule has 0 saturated heterocycles. The Morgan fingerprint density at radius 2 is 2.08 bits per heavy atom. The van der Waals surface area contributed by atoms with Crippen LogP contribution in [-0.4, -0.2) is 35.4 Å². The smallest absolute Gasteiger partial charge is 0.407 e. The van der Waals surface area contributed by atoms with E-state index in [1.165, 1.54) is 0 Å². The van der Waals surface area contributed by atoms with Gasteiger partial charge in [0.15, 0.2) is 0 Å². The summed E-state index contributed by atoms with van der Waals surface area (Å²) in [6, 6.07) is 6.52. The lowest BCUT2D eigenvalue weighted by molar-refractivity contribution is -0.137. The summed E-state index contributed by atoms with van der Waals surface area (Å²) in [5.74, 6) is -0.456. The Bertz CT molecular complexity index is 664. The third-order valence-electron chi connectivity index (χ3n) is 2.93. The quantitative estimate of drug-likeness (QED) is 0.605. The summed E-state index contributed by atoms with van der Waals surface area (Å²) in [5, 5.41) is 20.4. The van der Waals surface area contributed by atoms with Crippen LogP contribution in [0.15, 0.2) is 18.2 Å². The number of alkyl carbamates (subject to hydrolysis) is 1. The average molecular weight is 460 g/mol. The second-order valence-corrected chi connectivity index (χ2v) is 7.51. The molecule has 2 N–H and O–H groups in total. The van der Waals surface area contributed by atoms with Crippen molar-refractivity contribution in [3.05, 3.63) is 27.3 Å². The van der Waals surface area contributed by atoms with Gasteiger partial charge in [-0.2, -0.15) is 5.26 Å². The normalized spacial score (nSPS) is 12.0. The minimum atomic E-state index is -0.961. The summed E-state index contributed by atoms with van der Waals surface area (Å²) in [4.78, 5) is 22.7. The number of carbonyl (C=O) groups is 2. The molecular formula is C17H21IN2O5. The maximum atomic E-state index is 11.9. The zero-order valence-electron chi connectivity index (χ0n) is 14.3. The molecule has 0 radical (unpaired) electrons. The van der Waals surface area contributed by atoms with Gasteiger partial charge in [0.2, 0.25) is 0 Å². The van der Waals surface area contributed by atoms with Crippen molar-refractivity contribution < 1.29 is 24.2 Å². The molecule has 0 aliphatic heterocycles. The van der Waals surface area contributed by atoms with Gasteiger partial charge in [0.05, 0.1) is 21.2 Å². The van der Waals surface area contributed by atoms with E-state index in [1.807, 2.05) is 6.07 Å². The molecule has 1 atom stereocenters. The van der Waals surface area contributed by atoms with E-state index < -0.39 is 23.7 Å². The Labute approximate surface area is 160 Å². The highest BCUT2D eigenvalue weighted by molar-refractivity contribution is 14.1. The molecule has 0 aliphatic rings. The maximum Gasteiger partial charge on any atom is 0.407 e. The van der Waals surface area contributed by atoms with Crippen LogP contribution in [0.2, 0.25) is 0 Å². The van der Waals surface area contributed by atoms with E-state index in [2.05, 4.69) is 27.9 Å². The van der Waals surface area contributed by atoms with Crippen LogP contribution in [0, 0.1) is 14.9 Å². The maximum absolute atomic E-state index is 11.9. The molecule has 7 nitrogen and oxygen atoms in total. The minimum Gasteiger partial charge on any atom is -0.490 e. The summed E-state index contributed by atoms with van der Waals surface area (Å²) in [5.41, 5.74) is -0.198. The Morgan fingerprint density at radius 3 is 2.64 bits per heavy atom. The number of carboxylic acids is 1. The van der Waals surface area contributed by atoms with Gasteiger partial charge in [-0.15, -0.1) is 0 Å². The number of amides is 1. The highest BCUT2D eigenvalue weighted by Gasteiger charge is 2.21. The highest BCUT2D eigenvalue weighted by atomic mass is 127. The Kier molecular flexibility index (Phi) is 7.96. The van der Waals surface area contributed by atoms with E-state index in [0.717, 1.165) is 3.57 Å². The molecule has 0 spiro atoms. The molecule has 0 unspecified atom stereocenters. The number of carboxylic acid groups (broad SMARTS) is 1. The van der Waals surface area contributed by atoms with Crippen molar-refractivity contribution in [2.75, 3.05) is 6.61 Å². The number of ether oxygens (including phenoxy) is 2. The second kappa shape index (κ2) is 9.46. The van der Waals surface area contributed by atoms with Crippen LogP contribution in [0.25, 0.3) is 0 Å². The van der Waals surface area contributed by atoms with Gasteiger partial charge < -0.3 is 19.9 Å². The topological polar surface area (TPSA) is 109 Å². The molecule has 136 valence electrons. The second-order valence-electron chi connectivity index (χ2n) is 6.34. The van der Waals surface area contributed by atoms with Crippen LogP contribution >= 0.6 is 22.6 Å². The predicted molar refractivity (Wildman–Crippen MR) is 99.4 cm³/mol. The minimum absolute atomic E-state index is 0.0669. The largest absolute Gasteiger partial charge is 0.490 e. The van der Waals surface area contributed by atoms with Gasteiger partial charge in [0.25, 0.3) is 0 Å². The number of aliphatic carboxylic acids is 1. The van der Waals surface area contributed by atoms with Gasteiger partial charge in [0, 0.05) is 6.42 Å². The van der Waals surface area contributed by atoms with Crippen molar-refractivity contribution in [2.45, 2.75) is 45.3 Å². The van der Waals surface area contributed by atoms with Crippen molar-refractivity contribution in [1.82, 2.24) is 5.32 Å². The summed E-state index contributed by atoms with van der Waals surface area (Å²) in [7, 11) is 0. The SMILES string of the molecule is CC(C)(C)OC(=O)N[C@H](CCC(=O)O)COc1cc(C#N)ccc1I. The van der Waals surface area contributed by atoms with Gasteiger partial charge >= 0.3 is 12.1 Å². The van der Waals surface area contributed by atoms with Crippen molar-refractivity contribution in [3.8, 4) is 11.8 Å². The molecule has 1 rings (SSSR count). The van der Waals surface area contributed by atoms with E-state index in [0.29, 0.717) is 11.3 Å². The van der Waals surface area contributed by atoms with Gasteiger partial charge in [-0.25, -0.2) is 4.79 Å². The van der Waals surface area contributed by atoms with Gasteiger partial charge in [0.1, 0.15) is 18.0 Å². The molecule has 0 aliphatic carbocycles. The van der Waals surface area contributed by atoms with Gasteiger partial charge in [-0.1, -0.05) is 0 Å². The number of hydrogen-bond acceptors (Lipinski definition) is 5. The molecule has 1 amide bonds. The predicted octanol–water partition coefficient (Wildman–Crippen LogP) is 3.30. The van der Waals surface area contributed by atoms with Crippen LogP contribution in [0.5, 0.6) is 5.75 Å². The molecule has 0 bridgehead atoms. The molecule has 8 heteroatoms. The van der Waals surface area contributed by atoms with Crippen molar-refractivity contribution in [3.63, 3.8) is 0 Å². The van der Waals surface area contributed by atoms with Gasteiger partial charge in [-0.3, -0.25) is 4.79 Å². The summed E-state index contributed by atoms with van der Waals surface area (Å²) in [6.45, 7) is 5.29. The van der Waals surface area contributed by atoms with Crippen molar-refractivity contribution in [2.24, 2.45) is 0 Å². The first kappa shape index (κ1) is 21.0. The highest BCUT2D eigenvalue weighted by Crippen LogP contribution is 2.22. The molecule has 25 heavy (non-hydrogen) atoms. The molecule has 1 aromatic carbocycles. The van der Waals surface area contributed by atoms with E-state index in [1.54, 1.807) is 39.0 Å². The van der Waals surface area contributed by atoms with E-state index in [-0.39, 0.29) is 19.4 Å². The number of hydrogen-bond donors (Lipinski definition) is 2. The summed E-state index contributed by atoms with van der Waals surface area (Å²) < 4.78 is 11.7. The first-order valence-corrected chi connectivity index (χ1v) is 8.72. The number of benzene rings is 1. The number of nitrogens with one attached hydrogen (secondary N) is 1. The van der Waals surface area contributed by atoms with E-state index in [4.69, 9.17) is 19.8 Å². The zero-order chi connectivity index (χ0) is 19.0. The molecular weight excluding hydrogens is 439 g/mol. The fraction of sp³-hybridized carbons (Fsp3) is 0.471. The summed E-state index contributed by atoms with van der Waals surface area (Å²) >= 11 is 2.07. The molecule has 0 saturated carbocycles. The fourth-order valence-corrected chi connectivity index (χ4v) is 2.33. The molecule has 0 aromatic heterocycles. The number of carbonyl (C=O) groups excluding carboxylic acids is 1. The van der Waals surface area contributed by atoms with E-state index in [9.17, 15) is 9.59 Å². The zero-order valence-corrected chi connectivity index (χ0v) is 16.5. The molecule has 1 aromatic rings. The Balaban J connectivity index is 2.75. The number of rotatable bonds is 7. The van der Waals surface area contributed by atoms with Crippen molar-refractivity contribution >= 4 is 34.7 Å². The first-order chi connectivity index (χ1) is 11.6. The lowest BCUT2D eigenvalue weighted by Gasteiger charge is -2.23. The molecule has 0 heterocycles. The third kappa shape index (κ3) is 8.58. The van der Waals surface area contributed by atoms with Crippen LogP contribution in [-0.2, 0) is 9.53 Å². The van der Waals surface area contributed by atoms with Gasteiger partial charge in [-0.05, 0) is 68.0 Å². The summed E-state index contributed by atoms with van der Waals surface area (Å²) in [6.07, 6.45) is -0.547. The van der Waals surface area contributed by atoms with Crippen LogP contribution in [0.3, 0.4) is 0 Å². The fourth-order valence-electron chi connectivity index (χ4n) is 1.84. The third-order valence-corrected chi connectivity index (χ3v) is 3.82. The molecule has 0 fully saturated rings.